The number of aryl methyl sites for hydroxylation is 1. The minimum Gasteiger partial charge on any atom is -0.492 e. The number of hydrogen-bond acceptors (Lipinski definition) is 10. The van der Waals surface area contributed by atoms with Gasteiger partial charge in [0.25, 0.3) is 0 Å². The molecular weight excluding hydrogens is 414 g/mol. The highest BCUT2D eigenvalue weighted by Gasteiger charge is 2.15. The van der Waals surface area contributed by atoms with Gasteiger partial charge in [-0.2, -0.15) is 19.6 Å². The van der Waals surface area contributed by atoms with Crippen molar-refractivity contribution in [3.05, 3.63) is 59.9 Å². The van der Waals surface area contributed by atoms with Gasteiger partial charge >= 0.3 is 0 Å². The lowest BCUT2D eigenvalue weighted by Gasteiger charge is -2.11. The number of ether oxygens (including phenoxy) is 1. The van der Waals surface area contributed by atoms with E-state index in [0.29, 0.717) is 35.0 Å². The van der Waals surface area contributed by atoms with E-state index in [9.17, 15) is 0 Å². The minimum atomic E-state index is 0.142. The molecule has 0 radical (unpaired) electrons. The number of aromatic nitrogens is 7. The first-order valence-electron chi connectivity index (χ1n) is 9.60. The highest BCUT2D eigenvalue weighted by Crippen LogP contribution is 2.27. The first-order valence-corrected chi connectivity index (χ1v) is 10.6. The van der Waals surface area contributed by atoms with Crippen LogP contribution in [0.3, 0.4) is 0 Å². The molecule has 158 valence electrons. The Bertz CT molecular complexity index is 1180. The first kappa shape index (κ1) is 20.5. The van der Waals surface area contributed by atoms with Crippen LogP contribution < -0.4 is 15.8 Å². The fourth-order valence-corrected chi connectivity index (χ4v) is 3.59. The molecule has 2 aromatic carbocycles. The molecule has 31 heavy (non-hydrogen) atoms. The normalized spacial score (nSPS) is 10.8. The molecule has 0 aliphatic rings. The van der Waals surface area contributed by atoms with Crippen LogP contribution in [0.2, 0.25) is 0 Å². The number of rotatable bonds is 8. The van der Waals surface area contributed by atoms with E-state index in [-0.39, 0.29) is 5.95 Å². The number of benzene rings is 2. The highest BCUT2D eigenvalue weighted by molar-refractivity contribution is 7.98. The zero-order valence-electron chi connectivity index (χ0n) is 17.1. The van der Waals surface area contributed by atoms with Crippen LogP contribution in [-0.4, -0.2) is 41.8 Å². The van der Waals surface area contributed by atoms with E-state index >= 15 is 0 Å². The molecule has 0 saturated carbocycles. The Hall–Kier alpha value is -3.73. The van der Waals surface area contributed by atoms with E-state index in [2.05, 4.69) is 35.8 Å². The largest absolute Gasteiger partial charge is 0.492 e. The zero-order chi connectivity index (χ0) is 21.6. The molecule has 0 bridgehead atoms. The highest BCUT2D eigenvalue weighted by atomic mass is 32.2. The maximum absolute atomic E-state index is 5.90. The molecule has 4 aromatic rings. The summed E-state index contributed by atoms with van der Waals surface area (Å²) in [4.78, 5) is 12.9. The van der Waals surface area contributed by atoms with Gasteiger partial charge in [0.1, 0.15) is 17.3 Å². The van der Waals surface area contributed by atoms with Crippen LogP contribution in [0.1, 0.15) is 18.3 Å². The van der Waals surface area contributed by atoms with Crippen molar-refractivity contribution in [2.24, 2.45) is 0 Å². The van der Waals surface area contributed by atoms with E-state index in [0.717, 1.165) is 16.9 Å². The standard InChI is InChI=1S/C20H21N9OS/c1-3-30-16-11-7-6-10-15(16)29-20(26-27-28-29)31-12-17-23-18(21)25-19(24-17)22-14-9-5-4-8-13(14)2/h4-11H,3,12H2,1-2H3,(H3,21,22,23,24,25). The molecule has 0 aliphatic carbocycles. The molecule has 2 aromatic heterocycles. The number of anilines is 3. The van der Waals surface area contributed by atoms with E-state index in [1.165, 1.54) is 11.8 Å². The molecule has 2 heterocycles. The number of nitrogens with one attached hydrogen (secondary N) is 1. The molecule has 0 saturated heterocycles. The van der Waals surface area contributed by atoms with Crippen LogP contribution in [0.5, 0.6) is 5.75 Å². The summed E-state index contributed by atoms with van der Waals surface area (Å²) in [7, 11) is 0. The molecule has 11 heteroatoms. The third kappa shape index (κ3) is 4.89. The van der Waals surface area contributed by atoms with Gasteiger partial charge < -0.3 is 15.8 Å². The minimum absolute atomic E-state index is 0.142. The Morgan fingerprint density at radius 1 is 1.06 bits per heavy atom. The molecule has 0 spiro atoms. The molecule has 4 rings (SSSR count). The van der Waals surface area contributed by atoms with Crippen LogP contribution in [0.15, 0.2) is 53.7 Å². The molecule has 0 unspecified atom stereocenters. The van der Waals surface area contributed by atoms with Crippen LogP contribution >= 0.6 is 11.8 Å². The van der Waals surface area contributed by atoms with Gasteiger partial charge in [0, 0.05) is 5.69 Å². The molecule has 10 nitrogen and oxygen atoms in total. The van der Waals surface area contributed by atoms with Crippen molar-refractivity contribution in [1.82, 2.24) is 35.2 Å². The van der Waals surface area contributed by atoms with Crippen LogP contribution in [-0.2, 0) is 5.75 Å². The van der Waals surface area contributed by atoms with Crippen molar-refractivity contribution in [2.75, 3.05) is 17.7 Å². The number of nitrogens with two attached hydrogens (primary N) is 1. The molecule has 0 amide bonds. The van der Waals surface area contributed by atoms with Gasteiger partial charge in [0.2, 0.25) is 17.1 Å². The summed E-state index contributed by atoms with van der Waals surface area (Å²) < 4.78 is 7.32. The van der Waals surface area contributed by atoms with Crippen molar-refractivity contribution >= 4 is 29.3 Å². The second kappa shape index (κ2) is 9.39. The van der Waals surface area contributed by atoms with Crippen LogP contribution in [0.25, 0.3) is 5.69 Å². The van der Waals surface area contributed by atoms with Crippen molar-refractivity contribution in [2.45, 2.75) is 24.8 Å². The third-order valence-electron chi connectivity index (χ3n) is 4.26. The Morgan fingerprint density at radius 3 is 2.71 bits per heavy atom. The van der Waals surface area contributed by atoms with E-state index in [4.69, 9.17) is 10.5 Å². The fraction of sp³-hybridized carbons (Fsp3) is 0.200. The van der Waals surface area contributed by atoms with Gasteiger partial charge in [-0.05, 0) is 48.0 Å². The molecule has 0 atom stereocenters. The maximum atomic E-state index is 5.90. The Labute approximate surface area is 183 Å². The summed E-state index contributed by atoms with van der Waals surface area (Å²) >= 11 is 1.39. The average molecular weight is 436 g/mol. The Kier molecular flexibility index (Phi) is 6.22. The van der Waals surface area contributed by atoms with Gasteiger partial charge in [0.15, 0.2) is 0 Å². The van der Waals surface area contributed by atoms with Gasteiger partial charge in [-0.25, -0.2) is 0 Å². The Morgan fingerprint density at radius 2 is 1.87 bits per heavy atom. The molecule has 3 N–H and O–H groups in total. The molecule has 0 aliphatic heterocycles. The predicted molar refractivity (Wildman–Crippen MR) is 119 cm³/mol. The lowest BCUT2D eigenvalue weighted by atomic mass is 10.2. The number of tetrazole rings is 1. The summed E-state index contributed by atoms with van der Waals surface area (Å²) in [6.07, 6.45) is 0. The van der Waals surface area contributed by atoms with Gasteiger partial charge in [0.05, 0.1) is 12.4 Å². The lowest BCUT2D eigenvalue weighted by molar-refractivity contribution is 0.337. The topological polar surface area (TPSA) is 130 Å². The second-order valence-corrected chi connectivity index (χ2v) is 7.38. The number of nitrogen functional groups attached to an aromatic ring is 1. The van der Waals surface area contributed by atoms with E-state index in [1.54, 1.807) is 4.68 Å². The average Bonchev–Trinajstić information content (AvgIpc) is 3.23. The number of thioether (sulfide) groups is 1. The zero-order valence-corrected chi connectivity index (χ0v) is 17.9. The molecular formula is C20H21N9OS. The van der Waals surface area contributed by atoms with Crippen molar-refractivity contribution in [1.29, 1.82) is 0 Å². The summed E-state index contributed by atoms with van der Waals surface area (Å²) in [5, 5.41) is 15.8. The smallest absolute Gasteiger partial charge is 0.232 e. The number of para-hydroxylation sites is 3. The summed E-state index contributed by atoms with van der Waals surface area (Å²) in [5.41, 5.74) is 8.64. The van der Waals surface area contributed by atoms with Gasteiger partial charge in [-0.3, -0.25) is 0 Å². The quantitative estimate of drug-likeness (QED) is 0.398. The summed E-state index contributed by atoms with van der Waals surface area (Å²) in [5.74, 6) is 2.16. The van der Waals surface area contributed by atoms with Crippen LogP contribution in [0, 0.1) is 6.92 Å². The second-order valence-electron chi connectivity index (χ2n) is 6.44. The van der Waals surface area contributed by atoms with Crippen LogP contribution in [0.4, 0.5) is 17.6 Å². The van der Waals surface area contributed by atoms with Crippen molar-refractivity contribution in [3.8, 4) is 11.4 Å². The van der Waals surface area contributed by atoms with E-state index in [1.807, 2.05) is 62.4 Å². The summed E-state index contributed by atoms with van der Waals surface area (Å²) in [6, 6.07) is 15.5. The third-order valence-corrected chi connectivity index (χ3v) is 5.17. The van der Waals surface area contributed by atoms with E-state index < -0.39 is 0 Å². The monoisotopic (exact) mass is 435 g/mol. The SMILES string of the molecule is CCOc1ccccc1-n1nnnc1SCc1nc(N)nc(Nc2ccccc2C)n1. The molecule has 0 fully saturated rings. The first-order chi connectivity index (χ1) is 15.1. The van der Waals surface area contributed by atoms with Gasteiger partial charge in [-0.1, -0.05) is 42.1 Å². The summed E-state index contributed by atoms with van der Waals surface area (Å²) in [6.45, 7) is 4.48. The van der Waals surface area contributed by atoms with Crippen molar-refractivity contribution in [3.63, 3.8) is 0 Å². The van der Waals surface area contributed by atoms with Gasteiger partial charge in [-0.15, -0.1) is 5.10 Å². The maximum Gasteiger partial charge on any atom is 0.232 e. The Balaban J connectivity index is 1.53. The van der Waals surface area contributed by atoms with Crippen molar-refractivity contribution < 1.29 is 4.74 Å². The predicted octanol–water partition coefficient (Wildman–Crippen LogP) is 3.17. The number of hydrogen-bond donors (Lipinski definition) is 2. The number of nitrogens with zero attached hydrogens (tertiary/aromatic N) is 7. The fourth-order valence-electron chi connectivity index (χ4n) is 2.85. The lowest BCUT2D eigenvalue weighted by Crippen LogP contribution is -2.07.